The van der Waals surface area contributed by atoms with E-state index in [0.29, 0.717) is 35.1 Å². The van der Waals surface area contributed by atoms with Crippen molar-refractivity contribution in [3.63, 3.8) is 0 Å². The van der Waals surface area contributed by atoms with Gasteiger partial charge >= 0.3 is 18.3 Å². The van der Waals surface area contributed by atoms with E-state index in [1.165, 1.54) is 32.4 Å². The first-order valence-electron chi connectivity index (χ1n) is 18.8. The number of para-hydroxylation sites is 1. The summed E-state index contributed by atoms with van der Waals surface area (Å²) in [5.41, 5.74) is 3.03. The van der Waals surface area contributed by atoms with Crippen LogP contribution in [0.2, 0.25) is 0 Å². The van der Waals surface area contributed by atoms with Gasteiger partial charge in [0.2, 0.25) is 5.78 Å². The summed E-state index contributed by atoms with van der Waals surface area (Å²) in [7, 11) is 2.99. The van der Waals surface area contributed by atoms with Gasteiger partial charge in [-0.25, -0.2) is 13.6 Å². The van der Waals surface area contributed by atoms with Crippen LogP contribution in [0.5, 0.6) is 17.2 Å². The average Bonchev–Trinajstić information content (AvgIpc) is 3.53. The quantitative estimate of drug-likeness (QED) is 0.0301. The predicted molar refractivity (Wildman–Crippen MR) is 214 cm³/mol. The number of ketones is 1. The number of nitrogens with zero attached hydrogens (tertiary/aromatic N) is 2. The van der Waals surface area contributed by atoms with E-state index in [0.717, 1.165) is 65.2 Å². The van der Waals surface area contributed by atoms with Crippen LogP contribution in [0.1, 0.15) is 73.5 Å². The van der Waals surface area contributed by atoms with Crippen LogP contribution in [0.3, 0.4) is 0 Å². The number of aromatic nitrogens is 1. The second kappa shape index (κ2) is 17.5. The summed E-state index contributed by atoms with van der Waals surface area (Å²) in [4.78, 5) is 31.9. The lowest BCUT2D eigenvalue weighted by Gasteiger charge is -2.19. The zero-order chi connectivity index (χ0) is 40.9. The molecule has 5 aromatic carbocycles. The van der Waals surface area contributed by atoms with Crippen molar-refractivity contribution in [3.05, 3.63) is 113 Å². The first-order chi connectivity index (χ1) is 27.4. The van der Waals surface area contributed by atoms with Gasteiger partial charge in [0.25, 0.3) is 0 Å². The first-order valence-corrected chi connectivity index (χ1v) is 18.8. The molecule has 0 N–H and O–H groups in total. The number of carbonyl (C=O) groups is 2. The van der Waals surface area contributed by atoms with E-state index >= 15 is 0 Å². The lowest BCUT2D eigenvalue weighted by molar-refractivity contribution is -0.148. The molecule has 0 amide bonds. The fourth-order valence-electron chi connectivity index (χ4n) is 7.27. The molecule has 0 spiro atoms. The minimum Gasteiger partial charge on any atom is -0.496 e. The number of carbonyl (C=O) groups excluding carboxylic acids is 2. The van der Waals surface area contributed by atoms with Gasteiger partial charge in [-0.15, -0.1) is 0 Å². The molecule has 1 atom stereocenters. The second-order valence-electron chi connectivity index (χ2n) is 13.9. The van der Waals surface area contributed by atoms with Gasteiger partial charge in [0.15, 0.2) is 6.61 Å². The maximum atomic E-state index is 14.7. The van der Waals surface area contributed by atoms with E-state index in [2.05, 4.69) is 23.6 Å². The number of hydrogen-bond donors (Lipinski definition) is 0. The fraction of sp³-hybridized carbons (Fsp3) is 0.311. The highest BCUT2D eigenvalue weighted by Gasteiger charge is 2.42. The van der Waals surface area contributed by atoms with Gasteiger partial charge in [-0.3, -0.25) is 4.79 Å². The van der Waals surface area contributed by atoms with Gasteiger partial charge in [0, 0.05) is 51.8 Å². The molecule has 1 unspecified atom stereocenters. The minimum absolute atomic E-state index is 0.0363. The summed E-state index contributed by atoms with van der Waals surface area (Å²) >= 11 is 0. The highest BCUT2D eigenvalue weighted by molar-refractivity contribution is 6.27. The third-order valence-corrected chi connectivity index (χ3v) is 10.2. The van der Waals surface area contributed by atoms with Crippen LogP contribution < -0.4 is 14.2 Å². The maximum absolute atomic E-state index is 14.7. The number of unbranched alkanes of at least 4 members (excludes halogenated alkanes) is 1. The third kappa shape index (κ3) is 8.31. The normalized spacial score (nSPS) is 12.7. The van der Waals surface area contributed by atoms with Crippen LogP contribution in [0.25, 0.3) is 32.6 Å². The molecule has 6 rings (SSSR count). The highest BCUT2D eigenvalue weighted by atomic mass is 19.3. The van der Waals surface area contributed by atoms with Crippen molar-refractivity contribution in [2.24, 2.45) is 11.1 Å². The van der Waals surface area contributed by atoms with Crippen LogP contribution in [0.4, 0.5) is 17.6 Å². The highest BCUT2D eigenvalue weighted by Crippen LogP contribution is 2.41. The molecule has 0 aliphatic heterocycles. The average molecular weight is 785 g/mol. The topological polar surface area (TPSA) is 88.4 Å². The van der Waals surface area contributed by atoms with Gasteiger partial charge in [-0.1, -0.05) is 86.8 Å². The van der Waals surface area contributed by atoms with Gasteiger partial charge < -0.3 is 23.6 Å². The second-order valence-corrected chi connectivity index (χ2v) is 13.9. The van der Waals surface area contributed by atoms with Crippen LogP contribution in [-0.4, -0.2) is 55.2 Å². The van der Waals surface area contributed by atoms with Crippen molar-refractivity contribution < 1.29 is 46.2 Å². The molecular formula is C45H44F4N2O6. The van der Waals surface area contributed by atoms with Crippen molar-refractivity contribution in [3.8, 4) is 17.2 Å². The molecular weight excluding hydrogens is 740 g/mol. The van der Waals surface area contributed by atoms with E-state index in [4.69, 9.17) is 19.0 Å². The van der Waals surface area contributed by atoms with Gasteiger partial charge in [-0.2, -0.15) is 8.78 Å². The smallest absolute Gasteiger partial charge is 0.340 e. The number of alkyl halides is 4. The van der Waals surface area contributed by atoms with Crippen molar-refractivity contribution in [1.29, 1.82) is 0 Å². The molecule has 0 aliphatic rings. The summed E-state index contributed by atoms with van der Waals surface area (Å²) in [5, 5.41) is 7.20. The SMILES string of the molecule is CCCCC(CC)Cn1c2ccc(/C(=N\OC(C)=O)c3ccccc3OCC(F)(F)C(F)F)cc2c2cc(C(=O)c3c(OC)cccc3OC)c3ccccc3c21. The number of oxime groups is 1. The number of halogens is 4. The Morgan fingerprint density at radius 3 is 2.11 bits per heavy atom. The van der Waals surface area contributed by atoms with E-state index < -0.39 is 24.9 Å². The zero-order valence-electron chi connectivity index (χ0n) is 32.4. The molecule has 0 fully saturated rings. The van der Waals surface area contributed by atoms with Gasteiger partial charge in [-0.05, 0) is 60.2 Å². The molecule has 12 heteroatoms. The molecule has 0 radical (unpaired) electrons. The number of fused-ring (bicyclic) bond motifs is 5. The van der Waals surface area contributed by atoms with E-state index in [-0.39, 0.29) is 28.4 Å². The Bertz CT molecular complexity index is 2440. The van der Waals surface area contributed by atoms with Crippen LogP contribution >= 0.6 is 0 Å². The fourth-order valence-corrected chi connectivity index (χ4v) is 7.27. The predicted octanol–water partition coefficient (Wildman–Crippen LogP) is 11.0. The van der Waals surface area contributed by atoms with Crippen LogP contribution in [0, 0.1) is 5.92 Å². The molecule has 0 saturated carbocycles. The first kappa shape index (κ1) is 40.7. The molecule has 1 aromatic heterocycles. The summed E-state index contributed by atoms with van der Waals surface area (Å²) in [6.45, 7) is 4.60. The molecule has 6 aromatic rings. The molecule has 1 heterocycles. The third-order valence-electron chi connectivity index (χ3n) is 10.2. The van der Waals surface area contributed by atoms with Gasteiger partial charge in [0.05, 0.1) is 19.7 Å². The van der Waals surface area contributed by atoms with Crippen LogP contribution in [-0.2, 0) is 16.2 Å². The number of ether oxygens (including phenoxy) is 3. The summed E-state index contributed by atoms with van der Waals surface area (Å²) < 4.78 is 73.1. The van der Waals surface area contributed by atoms with Crippen LogP contribution in [0.15, 0.2) is 96.2 Å². The lowest BCUT2D eigenvalue weighted by atomic mass is 9.93. The van der Waals surface area contributed by atoms with Crippen molar-refractivity contribution in [2.75, 3.05) is 20.8 Å². The Balaban J connectivity index is 1.64. The van der Waals surface area contributed by atoms with E-state index in [1.54, 1.807) is 30.3 Å². The Kier molecular flexibility index (Phi) is 12.5. The van der Waals surface area contributed by atoms with Crippen molar-refractivity contribution in [2.45, 2.75) is 65.3 Å². The van der Waals surface area contributed by atoms with Crippen molar-refractivity contribution in [1.82, 2.24) is 4.57 Å². The summed E-state index contributed by atoms with van der Waals surface area (Å²) in [6.07, 6.45) is 0.158. The van der Waals surface area contributed by atoms with Crippen molar-refractivity contribution >= 4 is 50.0 Å². The number of methoxy groups -OCH3 is 2. The number of hydrogen-bond acceptors (Lipinski definition) is 7. The Hall–Kier alpha value is -5.91. The minimum atomic E-state index is -4.42. The number of benzene rings is 5. The Morgan fingerprint density at radius 1 is 0.789 bits per heavy atom. The number of rotatable bonds is 17. The zero-order valence-corrected chi connectivity index (χ0v) is 32.4. The lowest BCUT2D eigenvalue weighted by Crippen LogP contribution is -2.34. The Labute approximate surface area is 328 Å². The molecule has 0 aliphatic carbocycles. The van der Waals surface area contributed by atoms with E-state index in [1.807, 2.05) is 42.5 Å². The summed E-state index contributed by atoms with van der Waals surface area (Å²) in [5.74, 6) is -4.58. The summed E-state index contributed by atoms with van der Waals surface area (Å²) in [6, 6.07) is 26.2. The molecule has 0 saturated heterocycles. The molecule has 57 heavy (non-hydrogen) atoms. The maximum Gasteiger partial charge on any atom is 0.340 e. The monoisotopic (exact) mass is 784 g/mol. The van der Waals surface area contributed by atoms with Gasteiger partial charge in [0.1, 0.15) is 28.5 Å². The molecule has 298 valence electrons. The van der Waals surface area contributed by atoms with E-state index in [9.17, 15) is 27.2 Å². The molecule has 0 bridgehead atoms. The standard InChI is InChI=1S/C45H44F4N2O6/c1-6-8-14-28(7-2)25-51-36-22-21-29(41(50-57-27(3)52)32-17-11-12-18-37(32)56-26-45(48,49)44(46)47)23-33(36)34-24-35(30-15-9-10-16-31(30)42(34)51)43(53)40-38(54-4)19-13-20-39(40)55-5/h9-13,15-24,28,44H,6-8,14,25-26H2,1-5H3/b50-41+. The Morgan fingerprint density at radius 2 is 1.46 bits per heavy atom. The largest absolute Gasteiger partial charge is 0.496 e. The molecule has 8 nitrogen and oxygen atoms in total.